The van der Waals surface area contributed by atoms with Crippen molar-refractivity contribution in [1.82, 2.24) is 4.98 Å². The van der Waals surface area contributed by atoms with Crippen molar-refractivity contribution in [3.05, 3.63) is 29.6 Å². The molecule has 1 aromatic rings. The summed E-state index contributed by atoms with van der Waals surface area (Å²) in [7, 11) is 7.04. The van der Waals surface area contributed by atoms with Crippen LogP contribution >= 0.6 is 33.1 Å². The maximum Gasteiger partial charge on any atom is 0.0445 e. The van der Waals surface area contributed by atoms with Gasteiger partial charge < -0.3 is 0 Å². The lowest BCUT2D eigenvalue weighted by Crippen LogP contribution is -2.04. The number of nitrogens with zero attached hydrogens (tertiary/aromatic N) is 1. The highest BCUT2D eigenvalue weighted by Crippen LogP contribution is 2.72. The van der Waals surface area contributed by atoms with Gasteiger partial charge in [-0.15, -0.1) is 17.9 Å². The van der Waals surface area contributed by atoms with Crippen molar-refractivity contribution in [3.63, 3.8) is 0 Å². The third-order valence-electron chi connectivity index (χ3n) is 2.90. The molecular weight excluding hydrogens is 246 g/mol. The van der Waals surface area contributed by atoms with Gasteiger partial charge in [-0.1, -0.05) is 28.2 Å². The Bertz CT molecular complexity index is 330. The lowest BCUT2D eigenvalue weighted by molar-refractivity contribution is 0.763. The summed E-state index contributed by atoms with van der Waals surface area (Å²) in [6.45, 7) is 2.35. The maximum absolute atomic E-state index is 4.47. The summed E-state index contributed by atoms with van der Waals surface area (Å²) in [6.07, 6.45) is 3.11. The molecule has 0 radical (unpaired) electrons. The van der Waals surface area contributed by atoms with Gasteiger partial charge in [-0.05, 0) is 29.6 Å². The number of fused-ring (bicyclic) bond motifs is 1. The van der Waals surface area contributed by atoms with Gasteiger partial charge in [0, 0.05) is 11.9 Å². The summed E-state index contributed by atoms with van der Waals surface area (Å²) < 4.78 is 0. The monoisotopic (exact) mass is 261 g/mol. The summed E-state index contributed by atoms with van der Waals surface area (Å²) in [5, 5.41) is 0. The van der Waals surface area contributed by atoms with E-state index in [9.17, 15) is 0 Å². The molecule has 2 rings (SSSR count). The molecule has 1 aliphatic carbocycles. The van der Waals surface area contributed by atoms with E-state index in [1.54, 1.807) is 0 Å². The molecule has 76 valence electrons. The second kappa shape index (κ2) is 4.80. The van der Waals surface area contributed by atoms with Crippen LogP contribution in [0.25, 0.3) is 0 Å². The fraction of sp³-hybridized carbons (Fsp3) is 0.444. The first-order chi connectivity index (χ1) is 6.74. The molecule has 0 amide bonds. The molecule has 4 unspecified atom stereocenters. The van der Waals surface area contributed by atoms with Gasteiger partial charge >= 0.3 is 0 Å². The molecule has 0 saturated carbocycles. The van der Waals surface area contributed by atoms with Crippen LogP contribution < -0.4 is 0 Å². The zero-order chi connectivity index (χ0) is 10.1. The van der Waals surface area contributed by atoms with Gasteiger partial charge in [-0.25, -0.2) is 0 Å². The first kappa shape index (κ1) is 11.4. The second-order valence-corrected chi connectivity index (χ2v) is 13.2. The van der Waals surface area contributed by atoms with Crippen LogP contribution in [0.1, 0.15) is 24.1 Å². The molecule has 1 heterocycles. The molecule has 6 atom stereocenters. The van der Waals surface area contributed by atoms with Crippen molar-refractivity contribution in [1.29, 1.82) is 0 Å². The molecular formula is C9H15NP4. The lowest BCUT2D eigenvalue weighted by Gasteiger charge is -2.21. The molecule has 0 aromatic carbocycles. The average molecular weight is 261 g/mol. The predicted octanol–water partition coefficient (Wildman–Crippen LogP) is 3.77. The first-order valence-electron chi connectivity index (χ1n) is 4.68. The molecule has 0 saturated heterocycles. The summed E-state index contributed by atoms with van der Waals surface area (Å²) in [5.41, 5.74) is 3.65. The van der Waals surface area contributed by atoms with E-state index in [-0.39, 0.29) is 7.30 Å². The Hall–Kier alpha value is 0.870. The van der Waals surface area contributed by atoms with Crippen LogP contribution in [-0.4, -0.2) is 10.6 Å². The van der Waals surface area contributed by atoms with Crippen molar-refractivity contribution in [2.24, 2.45) is 0 Å². The van der Waals surface area contributed by atoms with Crippen LogP contribution in [-0.2, 0) is 6.42 Å². The molecule has 14 heavy (non-hydrogen) atoms. The van der Waals surface area contributed by atoms with Crippen molar-refractivity contribution >= 4 is 33.1 Å². The molecule has 1 aromatic heterocycles. The molecule has 1 nitrogen and oxygen atoms in total. The first-order valence-corrected chi connectivity index (χ1v) is 11.4. The standard InChI is InChI=1S/C9H15NP4/c1-6-7-3-2-4-10-8(7)5-9(6)14(12)13-11/h2-4,6,9,13H,5,11-12H2,1H3/t6-,9-,14?/m0/s1. The van der Waals surface area contributed by atoms with Gasteiger partial charge in [0.05, 0.1) is 0 Å². The Kier molecular flexibility index (Phi) is 3.90. The van der Waals surface area contributed by atoms with Crippen LogP contribution in [0.2, 0.25) is 0 Å². The Balaban J connectivity index is 2.25. The van der Waals surface area contributed by atoms with Crippen LogP contribution in [0, 0.1) is 0 Å². The summed E-state index contributed by atoms with van der Waals surface area (Å²) in [5.74, 6) is 0.704. The van der Waals surface area contributed by atoms with Crippen LogP contribution in [0.3, 0.4) is 0 Å². The van der Waals surface area contributed by atoms with E-state index >= 15 is 0 Å². The minimum Gasteiger partial charge on any atom is -0.261 e. The quantitative estimate of drug-likeness (QED) is 0.738. The predicted molar refractivity (Wildman–Crippen MR) is 74.8 cm³/mol. The number of hydrogen-bond acceptors (Lipinski definition) is 1. The topological polar surface area (TPSA) is 12.9 Å². The third-order valence-corrected chi connectivity index (χ3v) is 14.3. The zero-order valence-corrected chi connectivity index (χ0v) is 12.3. The third kappa shape index (κ3) is 2.03. The Morgan fingerprint density at radius 2 is 2.43 bits per heavy atom. The van der Waals surface area contributed by atoms with Gasteiger partial charge in [-0.2, -0.15) is 0 Å². The Morgan fingerprint density at radius 3 is 3.07 bits per heavy atom. The molecule has 0 aliphatic heterocycles. The van der Waals surface area contributed by atoms with Crippen molar-refractivity contribution < 1.29 is 0 Å². The van der Waals surface area contributed by atoms with Crippen LogP contribution in [0.15, 0.2) is 18.3 Å². The Labute approximate surface area is 92.9 Å². The molecule has 0 spiro atoms. The zero-order valence-electron chi connectivity index (χ0n) is 8.14. The van der Waals surface area contributed by atoms with E-state index in [0.29, 0.717) is 5.92 Å². The van der Waals surface area contributed by atoms with E-state index in [2.05, 4.69) is 41.9 Å². The van der Waals surface area contributed by atoms with Crippen molar-refractivity contribution in [2.45, 2.75) is 24.9 Å². The van der Waals surface area contributed by atoms with E-state index in [4.69, 9.17) is 0 Å². The van der Waals surface area contributed by atoms with Gasteiger partial charge in [0.1, 0.15) is 0 Å². The molecule has 1 aliphatic rings. The van der Waals surface area contributed by atoms with Gasteiger partial charge in [0.2, 0.25) is 0 Å². The molecule has 0 bridgehead atoms. The Morgan fingerprint density at radius 1 is 1.64 bits per heavy atom. The summed E-state index contributed by atoms with van der Waals surface area (Å²) in [6, 6.07) is 4.30. The minimum absolute atomic E-state index is 0.102. The molecule has 0 N–H and O–H groups in total. The molecule has 5 heteroatoms. The highest BCUT2D eigenvalue weighted by molar-refractivity contribution is 8.61. The van der Waals surface area contributed by atoms with Gasteiger partial charge in [0.15, 0.2) is 0 Å². The number of aromatic nitrogens is 1. The smallest absolute Gasteiger partial charge is 0.0445 e. The summed E-state index contributed by atoms with van der Waals surface area (Å²) in [4.78, 5) is 4.47. The number of rotatable bonds is 2. The highest BCUT2D eigenvalue weighted by atomic mass is 32.6. The van der Waals surface area contributed by atoms with Gasteiger partial charge in [-0.3, -0.25) is 4.98 Å². The van der Waals surface area contributed by atoms with Crippen molar-refractivity contribution in [2.75, 3.05) is 0 Å². The minimum atomic E-state index is 0.102. The maximum atomic E-state index is 4.47. The van der Waals surface area contributed by atoms with E-state index in [1.807, 2.05) is 6.20 Å². The van der Waals surface area contributed by atoms with E-state index in [0.717, 1.165) is 13.6 Å². The van der Waals surface area contributed by atoms with Crippen LogP contribution in [0.4, 0.5) is 0 Å². The number of pyridine rings is 1. The average Bonchev–Trinajstić information content (AvgIpc) is 2.56. The highest BCUT2D eigenvalue weighted by Gasteiger charge is 2.32. The van der Waals surface area contributed by atoms with Crippen LogP contribution in [0.5, 0.6) is 0 Å². The second-order valence-electron chi connectivity index (χ2n) is 3.64. The van der Waals surface area contributed by atoms with E-state index in [1.165, 1.54) is 17.7 Å². The summed E-state index contributed by atoms with van der Waals surface area (Å²) >= 11 is 0. The largest absolute Gasteiger partial charge is 0.261 e. The molecule has 0 fully saturated rings. The van der Waals surface area contributed by atoms with Crippen molar-refractivity contribution in [3.8, 4) is 0 Å². The van der Waals surface area contributed by atoms with E-state index < -0.39 is 0 Å². The fourth-order valence-electron chi connectivity index (χ4n) is 2.05. The normalized spacial score (nSPS) is 28.2. The van der Waals surface area contributed by atoms with Gasteiger partial charge in [0.25, 0.3) is 0 Å². The fourth-order valence-corrected chi connectivity index (χ4v) is 7.59. The SMILES string of the molecule is C[C@H]1c2cccnc2C[C@@H]1P(P)PP. The number of hydrogen-bond donors (Lipinski definition) is 0. The lowest BCUT2D eigenvalue weighted by atomic mass is 10.1.